The fourth-order valence-electron chi connectivity index (χ4n) is 2.65. The van der Waals surface area contributed by atoms with Crippen molar-refractivity contribution in [3.63, 3.8) is 0 Å². The average molecular weight is 403 g/mol. The first-order valence-electron chi connectivity index (χ1n) is 8.46. The standard InChI is InChI=1S/C17H23ClN2O5S/c1-19(26(23,24)15-8-6-14(18)7-9-15)12-17(22)25-13-16(21)20-10-4-2-3-5-11-20/h6-9H,2-5,10-13H2,1H3. The number of nitrogens with zero attached hydrogens (tertiary/aromatic N) is 2. The maximum Gasteiger partial charge on any atom is 0.321 e. The van der Waals surface area contributed by atoms with Gasteiger partial charge in [0.2, 0.25) is 10.0 Å². The summed E-state index contributed by atoms with van der Waals surface area (Å²) in [5.41, 5.74) is 0. The topological polar surface area (TPSA) is 84.0 Å². The van der Waals surface area contributed by atoms with E-state index in [0.29, 0.717) is 18.1 Å². The van der Waals surface area contributed by atoms with E-state index in [1.807, 2.05) is 0 Å². The van der Waals surface area contributed by atoms with Crippen LogP contribution in [0.1, 0.15) is 25.7 Å². The van der Waals surface area contributed by atoms with Crippen LogP contribution >= 0.6 is 11.6 Å². The zero-order valence-corrected chi connectivity index (χ0v) is 16.3. The van der Waals surface area contributed by atoms with Crippen molar-refractivity contribution in [2.24, 2.45) is 0 Å². The number of halogens is 1. The second kappa shape index (κ2) is 9.34. The van der Waals surface area contributed by atoms with E-state index in [-0.39, 0.29) is 17.4 Å². The van der Waals surface area contributed by atoms with E-state index in [9.17, 15) is 18.0 Å². The van der Waals surface area contributed by atoms with Crippen LogP contribution in [-0.2, 0) is 24.3 Å². The molecule has 0 bridgehead atoms. The Balaban J connectivity index is 1.86. The Morgan fingerprint density at radius 2 is 1.69 bits per heavy atom. The third-order valence-electron chi connectivity index (χ3n) is 4.19. The van der Waals surface area contributed by atoms with Gasteiger partial charge in [0.15, 0.2) is 6.61 Å². The molecule has 0 radical (unpaired) electrons. The number of benzene rings is 1. The van der Waals surface area contributed by atoms with Crippen LogP contribution < -0.4 is 0 Å². The van der Waals surface area contributed by atoms with Crippen molar-refractivity contribution in [2.45, 2.75) is 30.6 Å². The fraction of sp³-hybridized carbons (Fsp3) is 0.529. The zero-order chi connectivity index (χ0) is 19.2. The molecule has 1 amide bonds. The first-order valence-corrected chi connectivity index (χ1v) is 10.3. The highest BCUT2D eigenvalue weighted by Gasteiger charge is 2.24. The summed E-state index contributed by atoms with van der Waals surface area (Å²) < 4.78 is 30.7. The van der Waals surface area contributed by atoms with Crippen molar-refractivity contribution in [2.75, 3.05) is 33.3 Å². The molecule has 26 heavy (non-hydrogen) atoms. The number of hydrogen-bond acceptors (Lipinski definition) is 5. The van der Waals surface area contributed by atoms with Crippen LogP contribution in [0.2, 0.25) is 5.02 Å². The van der Waals surface area contributed by atoms with Crippen molar-refractivity contribution in [1.82, 2.24) is 9.21 Å². The zero-order valence-electron chi connectivity index (χ0n) is 14.7. The molecule has 0 atom stereocenters. The molecule has 0 N–H and O–H groups in total. The molecule has 1 aliphatic heterocycles. The van der Waals surface area contributed by atoms with Gasteiger partial charge in [-0.25, -0.2) is 8.42 Å². The first-order chi connectivity index (χ1) is 12.3. The Labute approximate surface area is 158 Å². The molecule has 0 aliphatic carbocycles. The molecule has 1 aromatic carbocycles. The van der Waals surface area contributed by atoms with Crippen LogP contribution in [0, 0.1) is 0 Å². The fourth-order valence-corrected chi connectivity index (χ4v) is 3.89. The van der Waals surface area contributed by atoms with Crippen LogP contribution in [0.4, 0.5) is 0 Å². The van der Waals surface area contributed by atoms with Crippen LogP contribution in [0.3, 0.4) is 0 Å². The van der Waals surface area contributed by atoms with Crippen LogP contribution in [0.25, 0.3) is 0 Å². The quantitative estimate of drug-likeness (QED) is 0.678. The van der Waals surface area contributed by atoms with Crippen molar-refractivity contribution in [3.8, 4) is 0 Å². The van der Waals surface area contributed by atoms with Crippen LogP contribution in [-0.4, -0.2) is 62.8 Å². The van der Waals surface area contributed by atoms with E-state index in [2.05, 4.69) is 0 Å². The molecular weight excluding hydrogens is 380 g/mol. The number of hydrogen-bond donors (Lipinski definition) is 0. The summed E-state index contributed by atoms with van der Waals surface area (Å²) in [7, 11) is -2.56. The summed E-state index contributed by atoms with van der Waals surface area (Å²) in [4.78, 5) is 25.7. The van der Waals surface area contributed by atoms with Gasteiger partial charge in [-0.05, 0) is 37.1 Å². The third-order valence-corrected chi connectivity index (χ3v) is 6.26. The van der Waals surface area contributed by atoms with Crippen LogP contribution in [0.15, 0.2) is 29.2 Å². The van der Waals surface area contributed by atoms with Gasteiger partial charge in [-0.15, -0.1) is 0 Å². The largest absolute Gasteiger partial charge is 0.455 e. The molecule has 144 valence electrons. The van der Waals surface area contributed by atoms with Gasteiger partial charge >= 0.3 is 5.97 Å². The summed E-state index contributed by atoms with van der Waals surface area (Å²) in [6.45, 7) is 0.494. The molecule has 0 spiro atoms. The van der Waals surface area contributed by atoms with E-state index in [1.165, 1.54) is 31.3 Å². The number of esters is 1. The highest BCUT2D eigenvalue weighted by atomic mass is 35.5. The van der Waals surface area contributed by atoms with Gasteiger partial charge in [0.05, 0.1) is 4.90 Å². The van der Waals surface area contributed by atoms with Crippen molar-refractivity contribution in [3.05, 3.63) is 29.3 Å². The number of likely N-dealkylation sites (N-methyl/N-ethyl adjacent to an activating group) is 1. The molecular formula is C17H23ClN2O5S. The maximum absolute atomic E-state index is 12.4. The highest BCUT2D eigenvalue weighted by Crippen LogP contribution is 2.17. The Kier molecular flexibility index (Phi) is 7.43. The van der Waals surface area contributed by atoms with Crippen molar-refractivity contribution >= 4 is 33.5 Å². The second-order valence-corrected chi connectivity index (χ2v) is 8.65. The van der Waals surface area contributed by atoms with E-state index in [1.54, 1.807) is 4.90 Å². The van der Waals surface area contributed by atoms with Gasteiger partial charge in [-0.3, -0.25) is 9.59 Å². The number of carbonyl (C=O) groups excluding carboxylic acids is 2. The lowest BCUT2D eigenvalue weighted by Crippen LogP contribution is -2.37. The van der Waals surface area contributed by atoms with E-state index >= 15 is 0 Å². The summed E-state index contributed by atoms with van der Waals surface area (Å²) in [6, 6.07) is 5.64. The Morgan fingerprint density at radius 1 is 1.12 bits per heavy atom. The minimum Gasteiger partial charge on any atom is -0.455 e. The summed E-state index contributed by atoms with van der Waals surface area (Å²) in [6.07, 6.45) is 4.08. The molecule has 7 nitrogen and oxygen atoms in total. The molecule has 0 saturated carbocycles. The molecule has 1 fully saturated rings. The molecule has 1 aliphatic rings. The molecule has 1 aromatic rings. The molecule has 2 rings (SSSR count). The maximum atomic E-state index is 12.4. The number of carbonyl (C=O) groups is 2. The highest BCUT2D eigenvalue weighted by molar-refractivity contribution is 7.89. The van der Waals surface area contributed by atoms with Crippen LogP contribution in [0.5, 0.6) is 0 Å². The molecule has 1 saturated heterocycles. The van der Waals surface area contributed by atoms with Gasteiger partial charge in [-0.1, -0.05) is 24.4 Å². The average Bonchev–Trinajstić information content (AvgIpc) is 2.89. The molecule has 9 heteroatoms. The van der Waals surface area contributed by atoms with Crippen molar-refractivity contribution in [1.29, 1.82) is 0 Å². The minimum atomic E-state index is -3.84. The van der Waals surface area contributed by atoms with E-state index in [4.69, 9.17) is 16.3 Å². The number of rotatable bonds is 6. The molecule has 0 unspecified atom stereocenters. The lowest BCUT2D eigenvalue weighted by molar-refractivity contribution is -0.152. The monoisotopic (exact) mass is 402 g/mol. The van der Waals surface area contributed by atoms with Gasteiger partial charge in [-0.2, -0.15) is 4.31 Å². The van der Waals surface area contributed by atoms with E-state index < -0.39 is 22.5 Å². The summed E-state index contributed by atoms with van der Waals surface area (Å²) >= 11 is 5.75. The molecule has 1 heterocycles. The Hall–Kier alpha value is -1.64. The number of ether oxygens (including phenoxy) is 1. The third kappa shape index (κ3) is 5.69. The normalized spacial score (nSPS) is 15.6. The number of sulfonamides is 1. The smallest absolute Gasteiger partial charge is 0.321 e. The minimum absolute atomic E-state index is 0.0258. The summed E-state index contributed by atoms with van der Waals surface area (Å²) in [5, 5.41) is 0.415. The van der Waals surface area contributed by atoms with Gasteiger partial charge < -0.3 is 9.64 Å². The van der Waals surface area contributed by atoms with Gasteiger partial charge in [0, 0.05) is 25.2 Å². The lowest BCUT2D eigenvalue weighted by atomic mass is 10.2. The Bertz CT molecular complexity index is 728. The Morgan fingerprint density at radius 3 is 2.27 bits per heavy atom. The van der Waals surface area contributed by atoms with E-state index in [0.717, 1.165) is 30.0 Å². The first kappa shape index (κ1) is 20.7. The van der Waals surface area contributed by atoms with Gasteiger partial charge in [0.25, 0.3) is 5.91 Å². The number of likely N-dealkylation sites (tertiary alicyclic amines) is 1. The SMILES string of the molecule is CN(CC(=O)OCC(=O)N1CCCCCC1)S(=O)(=O)c1ccc(Cl)cc1. The predicted octanol–water partition coefficient (Wildman–Crippen LogP) is 1.91. The summed E-state index contributed by atoms with van der Waals surface area (Å²) in [5.74, 6) is -1.02. The van der Waals surface area contributed by atoms with Crippen molar-refractivity contribution < 1.29 is 22.7 Å². The lowest BCUT2D eigenvalue weighted by Gasteiger charge is -2.20. The molecule has 0 aromatic heterocycles. The second-order valence-electron chi connectivity index (χ2n) is 6.17. The van der Waals surface area contributed by atoms with Gasteiger partial charge in [0.1, 0.15) is 6.54 Å². The number of amides is 1. The predicted molar refractivity (Wildman–Crippen MR) is 97.3 cm³/mol.